The van der Waals surface area contributed by atoms with Crippen molar-refractivity contribution in [2.75, 3.05) is 6.61 Å². The number of hydrogen-bond acceptors (Lipinski definition) is 4. The average Bonchev–Trinajstić information content (AvgIpc) is 2.40. The second-order valence-electron chi connectivity index (χ2n) is 2.13. The van der Waals surface area contributed by atoms with Gasteiger partial charge in [0.15, 0.2) is 0 Å². The van der Waals surface area contributed by atoms with Crippen LogP contribution in [0.1, 0.15) is 5.69 Å². The number of nitrogens with two attached hydrogens (primary N) is 1. The summed E-state index contributed by atoms with van der Waals surface area (Å²) in [5, 5.41) is 10.5. The van der Waals surface area contributed by atoms with Gasteiger partial charge in [0.05, 0.1) is 17.8 Å². The molecular weight excluding hydrogens is 219 g/mol. The summed E-state index contributed by atoms with van der Waals surface area (Å²) >= 11 is 1.54. The second-order valence-corrected chi connectivity index (χ2v) is 2.85. The summed E-state index contributed by atoms with van der Waals surface area (Å²) in [5.41, 5.74) is 8.21. The van der Waals surface area contributed by atoms with E-state index in [1.54, 1.807) is 16.8 Å². The lowest BCUT2D eigenvalue weighted by Gasteiger charge is -2.03. The van der Waals surface area contributed by atoms with Gasteiger partial charge in [-0.15, -0.1) is 36.2 Å². The Morgan fingerprint density at radius 1 is 1.58 bits per heavy atom. The predicted molar refractivity (Wildman–Crippen MR) is 55.4 cm³/mol. The van der Waals surface area contributed by atoms with Gasteiger partial charge in [0.25, 0.3) is 0 Å². The highest BCUT2D eigenvalue weighted by Crippen LogP contribution is 2.02. The maximum absolute atomic E-state index is 8.58. The first-order chi connectivity index (χ1) is 4.83. The molecule has 0 amide bonds. The van der Waals surface area contributed by atoms with Gasteiger partial charge in [0, 0.05) is 17.8 Å². The molecule has 0 radical (unpaired) electrons. The zero-order valence-corrected chi connectivity index (χ0v) is 8.79. The standard InChI is InChI=1S/C6H10N2OS.2ClH/c7-5(2-9)1-6-3-10-4-8-6;;/h3-5,9H,1-2,7H2;2*1H/t5-;;/m1../s1. The van der Waals surface area contributed by atoms with E-state index in [4.69, 9.17) is 10.8 Å². The van der Waals surface area contributed by atoms with Crippen LogP contribution in [0.3, 0.4) is 0 Å². The van der Waals surface area contributed by atoms with Crippen LogP contribution in [-0.4, -0.2) is 22.7 Å². The van der Waals surface area contributed by atoms with Crippen molar-refractivity contribution in [3.8, 4) is 0 Å². The molecule has 1 aromatic rings. The van der Waals surface area contributed by atoms with Gasteiger partial charge >= 0.3 is 0 Å². The fourth-order valence-electron chi connectivity index (χ4n) is 0.672. The average molecular weight is 231 g/mol. The van der Waals surface area contributed by atoms with Crippen LogP contribution >= 0.6 is 36.2 Å². The summed E-state index contributed by atoms with van der Waals surface area (Å²) in [6.07, 6.45) is 0.667. The Morgan fingerprint density at radius 3 is 2.67 bits per heavy atom. The maximum Gasteiger partial charge on any atom is 0.0794 e. The highest BCUT2D eigenvalue weighted by atomic mass is 35.5. The van der Waals surface area contributed by atoms with Crippen LogP contribution in [0.2, 0.25) is 0 Å². The Hall–Kier alpha value is 0.130. The number of halogens is 2. The largest absolute Gasteiger partial charge is 0.395 e. The highest BCUT2D eigenvalue weighted by molar-refractivity contribution is 7.07. The summed E-state index contributed by atoms with van der Waals surface area (Å²) in [5.74, 6) is 0. The van der Waals surface area contributed by atoms with Crippen LogP contribution in [0.5, 0.6) is 0 Å². The molecule has 1 atom stereocenters. The third-order valence-electron chi connectivity index (χ3n) is 1.19. The minimum Gasteiger partial charge on any atom is -0.395 e. The van der Waals surface area contributed by atoms with Crippen molar-refractivity contribution >= 4 is 36.2 Å². The Bertz CT molecular complexity index is 184. The first-order valence-electron chi connectivity index (χ1n) is 3.06. The molecular formula is C6H12Cl2N2OS. The van der Waals surface area contributed by atoms with E-state index in [1.807, 2.05) is 5.38 Å². The Labute approximate surface area is 87.8 Å². The number of nitrogens with zero attached hydrogens (tertiary/aromatic N) is 1. The topological polar surface area (TPSA) is 59.1 Å². The van der Waals surface area contributed by atoms with E-state index in [1.165, 1.54) is 0 Å². The predicted octanol–water partition coefficient (Wildman–Crippen LogP) is 0.849. The van der Waals surface area contributed by atoms with E-state index in [0.29, 0.717) is 6.42 Å². The van der Waals surface area contributed by atoms with Crippen molar-refractivity contribution in [2.45, 2.75) is 12.5 Å². The quantitative estimate of drug-likeness (QED) is 0.810. The van der Waals surface area contributed by atoms with Crippen LogP contribution in [0, 0.1) is 0 Å². The zero-order chi connectivity index (χ0) is 7.40. The second kappa shape index (κ2) is 7.76. The van der Waals surface area contributed by atoms with Gasteiger partial charge in [-0.2, -0.15) is 0 Å². The molecule has 0 aromatic carbocycles. The van der Waals surface area contributed by atoms with E-state index >= 15 is 0 Å². The Morgan fingerprint density at radius 2 is 2.25 bits per heavy atom. The molecule has 0 aliphatic heterocycles. The Balaban J connectivity index is 0. The summed E-state index contributed by atoms with van der Waals surface area (Å²) in [7, 11) is 0. The lowest BCUT2D eigenvalue weighted by molar-refractivity contribution is 0.265. The van der Waals surface area contributed by atoms with E-state index in [2.05, 4.69) is 4.98 Å². The van der Waals surface area contributed by atoms with Gasteiger partial charge < -0.3 is 10.8 Å². The number of thiazole rings is 1. The van der Waals surface area contributed by atoms with Crippen LogP contribution in [0.25, 0.3) is 0 Å². The summed E-state index contributed by atoms with van der Waals surface area (Å²) < 4.78 is 0. The summed E-state index contributed by atoms with van der Waals surface area (Å²) in [6.45, 7) is 0.0253. The molecule has 1 rings (SSSR count). The van der Waals surface area contributed by atoms with Crippen molar-refractivity contribution in [1.82, 2.24) is 4.98 Å². The molecule has 1 aromatic heterocycles. The highest BCUT2D eigenvalue weighted by Gasteiger charge is 2.02. The number of aliphatic hydroxyl groups is 1. The molecule has 0 bridgehead atoms. The summed E-state index contributed by atoms with van der Waals surface area (Å²) in [6, 6.07) is -0.165. The van der Waals surface area contributed by atoms with Gasteiger partial charge in [0.2, 0.25) is 0 Å². The first-order valence-corrected chi connectivity index (χ1v) is 4.00. The van der Waals surface area contributed by atoms with Gasteiger partial charge in [-0.3, -0.25) is 0 Å². The molecule has 3 nitrogen and oxygen atoms in total. The van der Waals surface area contributed by atoms with Crippen molar-refractivity contribution in [3.63, 3.8) is 0 Å². The lowest BCUT2D eigenvalue weighted by atomic mass is 10.2. The fraction of sp³-hybridized carbons (Fsp3) is 0.500. The van der Waals surface area contributed by atoms with Gasteiger partial charge in [0.1, 0.15) is 0 Å². The third-order valence-corrected chi connectivity index (χ3v) is 1.82. The number of aromatic nitrogens is 1. The molecule has 0 fully saturated rings. The molecule has 0 aliphatic rings. The SMILES string of the molecule is Cl.Cl.N[C@@H](CO)Cc1cscn1. The first kappa shape index (κ1) is 14.6. The molecule has 0 unspecified atom stereocenters. The smallest absolute Gasteiger partial charge is 0.0794 e. The molecule has 12 heavy (non-hydrogen) atoms. The van der Waals surface area contributed by atoms with E-state index in [-0.39, 0.29) is 37.5 Å². The van der Waals surface area contributed by atoms with Crippen LogP contribution in [-0.2, 0) is 6.42 Å². The molecule has 0 aliphatic carbocycles. The fourth-order valence-corrected chi connectivity index (χ4v) is 1.24. The molecule has 0 saturated carbocycles. The summed E-state index contributed by atoms with van der Waals surface area (Å²) in [4.78, 5) is 4.03. The molecule has 0 spiro atoms. The lowest BCUT2D eigenvalue weighted by Crippen LogP contribution is -2.26. The molecule has 0 saturated heterocycles. The van der Waals surface area contributed by atoms with Crippen LogP contribution in [0.4, 0.5) is 0 Å². The molecule has 1 heterocycles. The van der Waals surface area contributed by atoms with Gasteiger partial charge in [-0.1, -0.05) is 0 Å². The van der Waals surface area contributed by atoms with Gasteiger partial charge in [-0.05, 0) is 0 Å². The van der Waals surface area contributed by atoms with E-state index in [0.717, 1.165) is 5.69 Å². The van der Waals surface area contributed by atoms with E-state index in [9.17, 15) is 0 Å². The maximum atomic E-state index is 8.58. The van der Waals surface area contributed by atoms with Crippen molar-refractivity contribution in [1.29, 1.82) is 0 Å². The molecule has 3 N–H and O–H groups in total. The van der Waals surface area contributed by atoms with E-state index < -0.39 is 0 Å². The number of rotatable bonds is 3. The number of aliphatic hydroxyl groups excluding tert-OH is 1. The minimum absolute atomic E-state index is 0. The zero-order valence-electron chi connectivity index (χ0n) is 6.34. The van der Waals surface area contributed by atoms with Crippen LogP contribution < -0.4 is 5.73 Å². The molecule has 6 heteroatoms. The number of hydrogen-bond donors (Lipinski definition) is 2. The normalized spacial score (nSPS) is 11.2. The monoisotopic (exact) mass is 230 g/mol. The van der Waals surface area contributed by atoms with Crippen molar-refractivity contribution < 1.29 is 5.11 Å². The van der Waals surface area contributed by atoms with Gasteiger partial charge in [-0.25, -0.2) is 4.98 Å². The third kappa shape index (κ3) is 4.90. The van der Waals surface area contributed by atoms with Crippen molar-refractivity contribution in [3.05, 3.63) is 16.6 Å². The minimum atomic E-state index is -0.165. The molecule has 72 valence electrons. The Kier molecular flexibility index (Phi) is 9.47. The van der Waals surface area contributed by atoms with Crippen LogP contribution in [0.15, 0.2) is 10.9 Å². The van der Waals surface area contributed by atoms with Crippen molar-refractivity contribution in [2.24, 2.45) is 5.73 Å².